The van der Waals surface area contributed by atoms with Gasteiger partial charge >= 0.3 is 5.97 Å². The molecule has 6 heteroatoms. The Balaban J connectivity index is 1.94. The SMILES string of the molecule is CC(=O)c1ccccc1NC(=O)COC(=O)c1ccc(C=O)cc1. The maximum absolute atomic E-state index is 11.9. The molecule has 0 atom stereocenters. The van der Waals surface area contributed by atoms with Crippen LogP contribution in [0.4, 0.5) is 5.69 Å². The van der Waals surface area contributed by atoms with Crippen molar-refractivity contribution in [3.63, 3.8) is 0 Å². The van der Waals surface area contributed by atoms with Crippen molar-refractivity contribution in [1.29, 1.82) is 0 Å². The molecular weight excluding hydrogens is 310 g/mol. The first-order valence-electron chi connectivity index (χ1n) is 7.13. The van der Waals surface area contributed by atoms with Crippen LogP contribution in [0.15, 0.2) is 48.5 Å². The van der Waals surface area contributed by atoms with Crippen LogP contribution in [0.2, 0.25) is 0 Å². The van der Waals surface area contributed by atoms with E-state index in [1.165, 1.54) is 31.2 Å². The lowest BCUT2D eigenvalue weighted by molar-refractivity contribution is -0.119. The van der Waals surface area contributed by atoms with E-state index in [9.17, 15) is 19.2 Å². The molecule has 2 aromatic rings. The van der Waals surface area contributed by atoms with Crippen molar-refractivity contribution in [2.45, 2.75) is 6.92 Å². The van der Waals surface area contributed by atoms with Gasteiger partial charge in [-0.25, -0.2) is 4.79 Å². The van der Waals surface area contributed by atoms with Crippen LogP contribution in [0.25, 0.3) is 0 Å². The molecule has 2 aromatic carbocycles. The van der Waals surface area contributed by atoms with Crippen molar-refractivity contribution in [3.8, 4) is 0 Å². The molecule has 0 aromatic heterocycles. The average molecular weight is 325 g/mol. The Labute approximate surface area is 138 Å². The second-order valence-electron chi connectivity index (χ2n) is 4.97. The predicted molar refractivity (Wildman–Crippen MR) is 87.2 cm³/mol. The van der Waals surface area contributed by atoms with Crippen LogP contribution in [0.1, 0.15) is 38.0 Å². The number of para-hydroxylation sites is 1. The Bertz CT molecular complexity index is 780. The number of hydrogen-bond donors (Lipinski definition) is 1. The summed E-state index contributed by atoms with van der Waals surface area (Å²) in [5.74, 6) is -1.41. The van der Waals surface area contributed by atoms with Gasteiger partial charge in [-0.1, -0.05) is 24.3 Å². The zero-order valence-electron chi connectivity index (χ0n) is 12.9. The number of aldehydes is 1. The highest BCUT2D eigenvalue weighted by atomic mass is 16.5. The van der Waals surface area contributed by atoms with Crippen LogP contribution in [-0.2, 0) is 9.53 Å². The van der Waals surface area contributed by atoms with E-state index in [4.69, 9.17) is 4.74 Å². The van der Waals surface area contributed by atoms with Gasteiger partial charge in [-0.3, -0.25) is 14.4 Å². The van der Waals surface area contributed by atoms with E-state index in [0.717, 1.165) is 0 Å². The van der Waals surface area contributed by atoms with Crippen molar-refractivity contribution in [1.82, 2.24) is 0 Å². The number of hydrogen-bond acceptors (Lipinski definition) is 5. The highest BCUT2D eigenvalue weighted by molar-refractivity contribution is 6.04. The fourth-order valence-electron chi connectivity index (χ4n) is 2.00. The summed E-state index contributed by atoms with van der Waals surface area (Å²) in [6, 6.07) is 12.4. The molecule has 0 bridgehead atoms. The minimum atomic E-state index is -0.678. The number of nitrogens with one attached hydrogen (secondary N) is 1. The molecule has 0 saturated heterocycles. The molecule has 0 unspecified atom stereocenters. The van der Waals surface area contributed by atoms with E-state index in [1.807, 2.05) is 0 Å². The molecule has 0 spiro atoms. The fraction of sp³-hybridized carbons (Fsp3) is 0.111. The zero-order valence-corrected chi connectivity index (χ0v) is 12.9. The molecule has 0 aliphatic rings. The summed E-state index contributed by atoms with van der Waals surface area (Å²) in [6.45, 7) is 0.911. The summed E-state index contributed by atoms with van der Waals surface area (Å²) < 4.78 is 4.91. The van der Waals surface area contributed by atoms with Gasteiger partial charge in [0.1, 0.15) is 6.29 Å². The second kappa shape index (κ2) is 7.82. The molecule has 24 heavy (non-hydrogen) atoms. The van der Waals surface area contributed by atoms with Crippen LogP contribution < -0.4 is 5.32 Å². The number of rotatable bonds is 6. The number of ketones is 1. The number of esters is 1. The lowest BCUT2D eigenvalue weighted by atomic mass is 10.1. The maximum Gasteiger partial charge on any atom is 0.338 e. The fourth-order valence-corrected chi connectivity index (χ4v) is 2.00. The van der Waals surface area contributed by atoms with Crippen molar-refractivity contribution >= 4 is 29.6 Å². The van der Waals surface area contributed by atoms with E-state index >= 15 is 0 Å². The number of carbonyl (C=O) groups excluding carboxylic acids is 4. The standard InChI is InChI=1S/C18H15NO5/c1-12(21)15-4-2-3-5-16(15)19-17(22)11-24-18(23)14-8-6-13(10-20)7-9-14/h2-10H,11H2,1H3,(H,19,22). The smallest absolute Gasteiger partial charge is 0.338 e. The van der Waals surface area contributed by atoms with Crippen LogP contribution >= 0.6 is 0 Å². The summed E-state index contributed by atoms with van der Waals surface area (Å²) in [5.41, 5.74) is 1.41. The minimum Gasteiger partial charge on any atom is -0.452 e. The second-order valence-corrected chi connectivity index (χ2v) is 4.97. The molecule has 0 aliphatic carbocycles. The molecule has 2 rings (SSSR count). The van der Waals surface area contributed by atoms with E-state index < -0.39 is 18.5 Å². The first kappa shape index (κ1) is 17.1. The number of carbonyl (C=O) groups is 4. The van der Waals surface area contributed by atoms with Crippen LogP contribution in [0.3, 0.4) is 0 Å². The Morgan fingerprint density at radius 1 is 1.04 bits per heavy atom. The Kier molecular flexibility index (Phi) is 5.57. The van der Waals surface area contributed by atoms with Gasteiger partial charge in [-0.05, 0) is 31.2 Å². The van der Waals surface area contributed by atoms with Gasteiger partial charge in [0.05, 0.1) is 11.3 Å². The lowest BCUT2D eigenvalue weighted by Crippen LogP contribution is -2.22. The van der Waals surface area contributed by atoms with Gasteiger partial charge < -0.3 is 10.1 Å². The number of Topliss-reactive ketones (excluding diaryl/α,β-unsaturated/α-hetero) is 1. The molecule has 6 nitrogen and oxygen atoms in total. The summed E-state index contributed by atoms with van der Waals surface area (Å²) >= 11 is 0. The largest absolute Gasteiger partial charge is 0.452 e. The van der Waals surface area contributed by atoms with Crippen molar-refractivity contribution in [2.75, 3.05) is 11.9 Å². The first-order valence-corrected chi connectivity index (χ1v) is 7.13. The summed E-state index contributed by atoms with van der Waals surface area (Å²) in [4.78, 5) is 45.8. The van der Waals surface area contributed by atoms with E-state index in [0.29, 0.717) is 23.1 Å². The van der Waals surface area contributed by atoms with Gasteiger partial charge in [-0.2, -0.15) is 0 Å². The Hall–Kier alpha value is -3.28. The van der Waals surface area contributed by atoms with Crippen molar-refractivity contribution in [2.24, 2.45) is 0 Å². The third kappa shape index (κ3) is 4.36. The molecule has 0 fully saturated rings. The van der Waals surface area contributed by atoms with Crippen molar-refractivity contribution < 1.29 is 23.9 Å². The maximum atomic E-state index is 11.9. The number of anilines is 1. The highest BCUT2D eigenvalue weighted by Crippen LogP contribution is 2.15. The molecule has 1 N–H and O–H groups in total. The summed E-state index contributed by atoms with van der Waals surface area (Å²) in [7, 11) is 0. The molecule has 0 aliphatic heterocycles. The topological polar surface area (TPSA) is 89.5 Å². The average Bonchev–Trinajstić information content (AvgIpc) is 2.60. The van der Waals surface area contributed by atoms with E-state index in [-0.39, 0.29) is 11.3 Å². The van der Waals surface area contributed by atoms with Crippen LogP contribution in [0.5, 0.6) is 0 Å². The van der Waals surface area contributed by atoms with Crippen LogP contribution in [-0.4, -0.2) is 30.6 Å². The molecule has 0 radical (unpaired) electrons. The summed E-state index contributed by atoms with van der Waals surface area (Å²) in [6.07, 6.45) is 0.662. The van der Waals surface area contributed by atoms with Gasteiger partial charge in [0, 0.05) is 11.1 Å². The van der Waals surface area contributed by atoms with Crippen molar-refractivity contribution in [3.05, 3.63) is 65.2 Å². The quantitative estimate of drug-likeness (QED) is 0.501. The Morgan fingerprint density at radius 2 is 1.71 bits per heavy atom. The summed E-state index contributed by atoms with van der Waals surface area (Å²) in [5, 5.41) is 2.53. The normalized spacial score (nSPS) is 9.88. The predicted octanol–water partition coefficient (Wildman–Crippen LogP) is 2.50. The minimum absolute atomic E-state index is 0.182. The number of benzene rings is 2. The number of amides is 1. The van der Waals surface area contributed by atoms with Gasteiger partial charge in [0.25, 0.3) is 5.91 Å². The molecule has 0 heterocycles. The lowest BCUT2D eigenvalue weighted by Gasteiger charge is -2.09. The van der Waals surface area contributed by atoms with Gasteiger partial charge in [0.15, 0.2) is 12.4 Å². The van der Waals surface area contributed by atoms with Gasteiger partial charge in [-0.15, -0.1) is 0 Å². The number of ether oxygens (including phenoxy) is 1. The molecule has 122 valence electrons. The van der Waals surface area contributed by atoms with Gasteiger partial charge in [0.2, 0.25) is 0 Å². The monoisotopic (exact) mass is 325 g/mol. The molecular formula is C18H15NO5. The van der Waals surface area contributed by atoms with E-state index in [2.05, 4.69) is 5.32 Å². The third-order valence-corrected chi connectivity index (χ3v) is 3.20. The third-order valence-electron chi connectivity index (χ3n) is 3.20. The zero-order chi connectivity index (χ0) is 17.5. The molecule has 1 amide bonds. The molecule has 0 saturated carbocycles. The highest BCUT2D eigenvalue weighted by Gasteiger charge is 2.13. The Morgan fingerprint density at radius 3 is 2.33 bits per heavy atom. The van der Waals surface area contributed by atoms with E-state index in [1.54, 1.807) is 24.3 Å². The first-order chi connectivity index (χ1) is 11.5. The van der Waals surface area contributed by atoms with Crippen LogP contribution in [0, 0.1) is 0 Å².